The van der Waals surface area contributed by atoms with E-state index in [2.05, 4.69) is 32.7 Å². The molecule has 1 aromatic rings. The third-order valence-electron chi connectivity index (χ3n) is 3.70. The normalized spacial score (nSPS) is 24.6. The maximum atomic E-state index is 12.1. The van der Waals surface area contributed by atoms with Gasteiger partial charge in [-0.05, 0) is 54.3 Å². The largest absolute Gasteiger partial charge is 0.351 e. The number of amidine groups is 1. The van der Waals surface area contributed by atoms with Crippen molar-refractivity contribution in [3.63, 3.8) is 0 Å². The molecular formula is C16H17BrN2OS. The summed E-state index contributed by atoms with van der Waals surface area (Å²) in [5.41, 5.74) is 1.03. The lowest BCUT2D eigenvalue weighted by Gasteiger charge is -2.31. The second kappa shape index (κ2) is 6.36. The molecule has 0 N–H and O–H groups in total. The molecule has 1 saturated heterocycles. The summed E-state index contributed by atoms with van der Waals surface area (Å²) < 4.78 is 1.04. The first kappa shape index (κ1) is 14.9. The van der Waals surface area contributed by atoms with Crippen LogP contribution >= 0.6 is 27.7 Å². The van der Waals surface area contributed by atoms with Crippen molar-refractivity contribution < 1.29 is 4.79 Å². The molecule has 2 aliphatic rings. The van der Waals surface area contributed by atoms with Crippen LogP contribution in [-0.4, -0.2) is 29.1 Å². The molecule has 0 aromatic heterocycles. The Morgan fingerprint density at radius 3 is 2.86 bits per heavy atom. The van der Waals surface area contributed by atoms with Crippen molar-refractivity contribution >= 4 is 44.8 Å². The highest BCUT2D eigenvalue weighted by Crippen LogP contribution is 2.32. The van der Waals surface area contributed by atoms with Crippen LogP contribution in [0.2, 0.25) is 0 Å². The van der Waals surface area contributed by atoms with Crippen molar-refractivity contribution in [1.82, 2.24) is 4.90 Å². The predicted octanol–water partition coefficient (Wildman–Crippen LogP) is 4.15. The second-order valence-corrected chi connectivity index (χ2v) is 7.48. The molecule has 110 valence electrons. The quantitative estimate of drug-likeness (QED) is 0.701. The number of aliphatic imine (C=N–C) groups is 1. The average Bonchev–Trinajstić information content (AvgIpc) is 2.83. The zero-order valence-corrected chi connectivity index (χ0v) is 14.3. The van der Waals surface area contributed by atoms with Gasteiger partial charge in [0.2, 0.25) is 0 Å². The highest BCUT2D eigenvalue weighted by atomic mass is 79.9. The number of amides is 1. The van der Waals surface area contributed by atoms with E-state index in [1.54, 1.807) is 0 Å². The molecule has 1 fully saturated rings. The first-order chi connectivity index (χ1) is 10.1. The Balaban J connectivity index is 1.73. The number of nitrogens with zero attached hydrogens (tertiary/aromatic N) is 2. The summed E-state index contributed by atoms with van der Waals surface area (Å²) in [5, 5.41) is 0.870. The molecule has 2 heterocycles. The standard InChI is InChI=1S/C16H17BrN2OS/c1-11-3-2-8-19(10-11)16-18-15(20)14(21-16)9-12-4-6-13(17)7-5-12/h4-7,9,11H,2-3,8,10H2,1H3/b14-9+/t11-/m1/s1. The Kier molecular flexibility index (Phi) is 4.50. The fraction of sp³-hybridized carbons (Fsp3) is 0.375. The Morgan fingerprint density at radius 1 is 1.38 bits per heavy atom. The monoisotopic (exact) mass is 364 g/mol. The number of benzene rings is 1. The number of thioether (sulfide) groups is 1. The lowest BCUT2D eigenvalue weighted by molar-refractivity contribution is -0.113. The molecule has 1 amide bonds. The van der Waals surface area contributed by atoms with Crippen LogP contribution in [0.1, 0.15) is 25.3 Å². The predicted molar refractivity (Wildman–Crippen MR) is 92.1 cm³/mol. The minimum Gasteiger partial charge on any atom is -0.351 e. The van der Waals surface area contributed by atoms with E-state index < -0.39 is 0 Å². The summed E-state index contributed by atoms with van der Waals surface area (Å²) >= 11 is 4.92. The third-order valence-corrected chi connectivity index (χ3v) is 5.28. The smallest absolute Gasteiger partial charge is 0.286 e. The molecule has 3 rings (SSSR count). The molecule has 0 spiro atoms. The third kappa shape index (κ3) is 3.58. The van der Waals surface area contributed by atoms with Crippen LogP contribution in [0.25, 0.3) is 6.08 Å². The van der Waals surface area contributed by atoms with Gasteiger partial charge in [0.1, 0.15) is 0 Å². The van der Waals surface area contributed by atoms with E-state index in [9.17, 15) is 4.79 Å². The molecule has 2 aliphatic heterocycles. The molecular weight excluding hydrogens is 348 g/mol. The van der Waals surface area contributed by atoms with E-state index in [0.717, 1.165) is 28.3 Å². The van der Waals surface area contributed by atoms with Gasteiger partial charge in [-0.15, -0.1) is 0 Å². The summed E-state index contributed by atoms with van der Waals surface area (Å²) in [6, 6.07) is 7.94. The topological polar surface area (TPSA) is 32.7 Å². The van der Waals surface area contributed by atoms with Crippen molar-refractivity contribution in [1.29, 1.82) is 0 Å². The van der Waals surface area contributed by atoms with E-state index in [0.29, 0.717) is 10.8 Å². The van der Waals surface area contributed by atoms with Crippen molar-refractivity contribution in [3.05, 3.63) is 39.2 Å². The van der Waals surface area contributed by atoms with Gasteiger partial charge in [0.15, 0.2) is 5.17 Å². The number of hydrogen-bond donors (Lipinski definition) is 0. The molecule has 0 radical (unpaired) electrons. The summed E-state index contributed by atoms with van der Waals surface area (Å²) in [4.78, 5) is 19.3. The molecule has 3 nitrogen and oxygen atoms in total. The summed E-state index contributed by atoms with van der Waals surface area (Å²) in [6.07, 6.45) is 4.37. The molecule has 0 unspecified atom stereocenters. The van der Waals surface area contributed by atoms with Crippen molar-refractivity contribution in [2.45, 2.75) is 19.8 Å². The summed E-state index contributed by atoms with van der Waals surface area (Å²) in [6.45, 7) is 4.27. The number of carbonyl (C=O) groups excluding carboxylic acids is 1. The van der Waals surface area contributed by atoms with Crippen molar-refractivity contribution in [3.8, 4) is 0 Å². The number of likely N-dealkylation sites (tertiary alicyclic amines) is 1. The van der Waals surface area contributed by atoms with Crippen LogP contribution in [0.3, 0.4) is 0 Å². The molecule has 0 bridgehead atoms. The molecule has 21 heavy (non-hydrogen) atoms. The number of hydrogen-bond acceptors (Lipinski definition) is 3. The van der Waals surface area contributed by atoms with Crippen molar-refractivity contribution in [2.75, 3.05) is 13.1 Å². The maximum Gasteiger partial charge on any atom is 0.286 e. The lowest BCUT2D eigenvalue weighted by Crippen LogP contribution is -2.37. The Morgan fingerprint density at radius 2 is 2.14 bits per heavy atom. The molecule has 0 saturated carbocycles. The Bertz CT molecular complexity index is 609. The van der Waals surface area contributed by atoms with Crippen LogP contribution in [0.15, 0.2) is 38.6 Å². The number of carbonyl (C=O) groups is 1. The van der Waals surface area contributed by atoms with Gasteiger partial charge in [-0.3, -0.25) is 4.79 Å². The van der Waals surface area contributed by atoms with Gasteiger partial charge >= 0.3 is 0 Å². The van der Waals surface area contributed by atoms with E-state index in [4.69, 9.17) is 0 Å². The van der Waals surface area contributed by atoms with Crippen molar-refractivity contribution in [2.24, 2.45) is 10.9 Å². The van der Waals surface area contributed by atoms with E-state index in [1.807, 2.05) is 30.3 Å². The highest BCUT2D eigenvalue weighted by molar-refractivity contribution is 9.10. The fourth-order valence-electron chi connectivity index (χ4n) is 2.61. The minimum atomic E-state index is -0.115. The summed E-state index contributed by atoms with van der Waals surface area (Å²) in [5.74, 6) is 0.563. The van der Waals surface area contributed by atoms with Gasteiger partial charge in [-0.1, -0.05) is 35.0 Å². The zero-order chi connectivity index (χ0) is 14.8. The van der Waals surface area contributed by atoms with Crippen LogP contribution in [-0.2, 0) is 4.79 Å². The van der Waals surface area contributed by atoms with Gasteiger partial charge in [-0.25, -0.2) is 0 Å². The molecule has 0 aliphatic carbocycles. The summed E-state index contributed by atoms with van der Waals surface area (Å²) in [7, 11) is 0. The van der Waals surface area contributed by atoms with Crippen LogP contribution in [0.5, 0.6) is 0 Å². The van der Waals surface area contributed by atoms with E-state index >= 15 is 0 Å². The lowest BCUT2D eigenvalue weighted by atomic mass is 10.0. The average molecular weight is 365 g/mol. The van der Waals surface area contributed by atoms with Gasteiger partial charge in [0, 0.05) is 17.6 Å². The number of rotatable bonds is 1. The zero-order valence-electron chi connectivity index (χ0n) is 11.9. The van der Waals surface area contributed by atoms with Crippen LogP contribution in [0, 0.1) is 5.92 Å². The van der Waals surface area contributed by atoms with Crippen LogP contribution < -0.4 is 0 Å². The number of piperidine rings is 1. The molecule has 1 atom stereocenters. The fourth-order valence-corrected chi connectivity index (χ4v) is 3.82. The minimum absolute atomic E-state index is 0.115. The van der Waals surface area contributed by atoms with Crippen LogP contribution in [0.4, 0.5) is 0 Å². The van der Waals surface area contributed by atoms with Gasteiger partial charge in [0.05, 0.1) is 4.91 Å². The molecule has 5 heteroatoms. The first-order valence-electron chi connectivity index (χ1n) is 7.15. The SMILES string of the molecule is C[C@@H]1CCCN(C2=NC(=O)/C(=C\c3ccc(Br)cc3)S2)C1. The molecule has 1 aromatic carbocycles. The number of halogens is 1. The first-order valence-corrected chi connectivity index (χ1v) is 8.76. The Hall–Kier alpha value is -1.07. The van der Waals surface area contributed by atoms with Gasteiger partial charge in [0.25, 0.3) is 5.91 Å². The van der Waals surface area contributed by atoms with E-state index in [-0.39, 0.29) is 5.91 Å². The Labute approximate surface area is 137 Å². The van der Waals surface area contributed by atoms with Gasteiger partial charge < -0.3 is 4.90 Å². The maximum absolute atomic E-state index is 12.1. The highest BCUT2D eigenvalue weighted by Gasteiger charge is 2.28. The van der Waals surface area contributed by atoms with E-state index in [1.165, 1.54) is 24.6 Å². The van der Waals surface area contributed by atoms with Gasteiger partial charge in [-0.2, -0.15) is 4.99 Å². The second-order valence-electron chi connectivity index (χ2n) is 5.56.